The van der Waals surface area contributed by atoms with E-state index in [9.17, 15) is 18.0 Å². The minimum absolute atomic E-state index is 0.153. The summed E-state index contributed by atoms with van der Waals surface area (Å²) in [7, 11) is 1.53. The van der Waals surface area contributed by atoms with E-state index in [2.05, 4.69) is 15.6 Å². The van der Waals surface area contributed by atoms with E-state index in [4.69, 9.17) is 4.74 Å². The molecule has 0 aliphatic heterocycles. The van der Waals surface area contributed by atoms with Gasteiger partial charge in [-0.05, 0) is 48.5 Å². The number of hydrogen-bond donors (Lipinski definition) is 2. The van der Waals surface area contributed by atoms with Gasteiger partial charge in [0.25, 0.3) is 5.91 Å². The number of halogens is 3. The zero-order chi connectivity index (χ0) is 20.1. The number of hydrogen-bond acceptors (Lipinski definition) is 4. The number of pyridine rings is 1. The second kappa shape index (κ2) is 7.99. The van der Waals surface area contributed by atoms with Crippen molar-refractivity contribution in [1.29, 1.82) is 0 Å². The standard InChI is InChI=1S/C20H16F3N3O2/c1-28-17-4-2-3-15(11-17)26-19(27)18-12-16(9-10-24-18)25-14-7-5-13(6-8-14)20(21,22)23/h2-12H,1H3,(H,24,25)(H,26,27). The SMILES string of the molecule is COc1cccc(NC(=O)c2cc(Nc3ccc(C(F)(F)F)cc3)ccn2)c1. The van der Waals surface area contributed by atoms with Crippen LogP contribution in [-0.4, -0.2) is 18.0 Å². The van der Waals surface area contributed by atoms with Crippen LogP contribution in [0.15, 0.2) is 66.9 Å². The largest absolute Gasteiger partial charge is 0.497 e. The molecule has 0 radical (unpaired) electrons. The fourth-order valence-corrected chi connectivity index (χ4v) is 2.44. The molecule has 0 fully saturated rings. The van der Waals surface area contributed by atoms with E-state index >= 15 is 0 Å². The summed E-state index contributed by atoms with van der Waals surface area (Å²) < 4.78 is 43.0. The zero-order valence-electron chi connectivity index (χ0n) is 14.7. The number of nitrogens with one attached hydrogen (secondary N) is 2. The molecule has 0 saturated heterocycles. The van der Waals surface area contributed by atoms with Crippen LogP contribution in [0.2, 0.25) is 0 Å². The number of anilines is 3. The lowest BCUT2D eigenvalue weighted by molar-refractivity contribution is -0.137. The highest BCUT2D eigenvalue weighted by atomic mass is 19.4. The summed E-state index contributed by atoms with van der Waals surface area (Å²) in [4.78, 5) is 16.4. The smallest absolute Gasteiger partial charge is 0.416 e. The molecule has 144 valence electrons. The summed E-state index contributed by atoms with van der Waals surface area (Å²) in [5.74, 6) is 0.174. The summed E-state index contributed by atoms with van der Waals surface area (Å²) in [5, 5.41) is 5.67. The fraction of sp³-hybridized carbons (Fsp3) is 0.100. The van der Waals surface area contributed by atoms with Crippen LogP contribution < -0.4 is 15.4 Å². The van der Waals surface area contributed by atoms with Gasteiger partial charge in [-0.1, -0.05) is 6.07 Å². The van der Waals surface area contributed by atoms with Crippen molar-refractivity contribution in [2.24, 2.45) is 0 Å². The van der Waals surface area contributed by atoms with Gasteiger partial charge in [-0.15, -0.1) is 0 Å². The Balaban J connectivity index is 1.72. The number of carbonyl (C=O) groups excluding carboxylic acids is 1. The highest BCUT2D eigenvalue weighted by molar-refractivity contribution is 6.03. The number of nitrogens with zero attached hydrogens (tertiary/aromatic N) is 1. The molecule has 0 aliphatic carbocycles. The molecule has 0 spiro atoms. The van der Waals surface area contributed by atoms with Gasteiger partial charge < -0.3 is 15.4 Å². The number of rotatable bonds is 5. The number of aromatic nitrogens is 1. The van der Waals surface area contributed by atoms with Gasteiger partial charge in [-0.3, -0.25) is 9.78 Å². The third-order valence-electron chi connectivity index (χ3n) is 3.82. The third kappa shape index (κ3) is 4.79. The van der Waals surface area contributed by atoms with Gasteiger partial charge in [0.1, 0.15) is 11.4 Å². The Bertz CT molecular complexity index is 973. The molecule has 0 bridgehead atoms. The van der Waals surface area contributed by atoms with Crippen molar-refractivity contribution < 1.29 is 22.7 Å². The molecule has 2 N–H and O–H groups in total. The molecule has 28 heavy (non-hydrogen) atoms. The minimum atomic E-state index is -4.39. The highest BCUT2D eigenvalue weighted by Crippen LogP contribution is 2.30. The van der Waals surface area contributed by atoms with Crippen LogP contribution >= 0.6 is 0 Å². The van der Waals surface area contributed by atoms with Gasteiger partial charge in [-0.25, -0.2) is 0 Å². The Morgan fingerprint density at radius 3 is 2.39 bits per heavy atom. The molecular formula is C20H16F3N3O2. The average molecular weight is 387 g/mol. The Morgan fingerprint density at radius 1 is 0.964 bits per heavy atom. The summed E-state index contributed by atoms with van der Waals surface area (Å²) >= 11 is 0. The van der Waals surface area contributed by atoms with Crippen LogP contribution in [0.5, 0.6) is 5.75 Å². The molecule has 0 saturated carbocycles. The van der Waals surface area contributed by atoms with Crippen LogP contribution in [0.4, 0.5) is 30.2 Å². The quantitative estimate of drug-likeness (QED) is 0.639. The van der Waals surface area contributed by atoms with E-state index in [0.717, 1.165) is 12.1 Å². The second-order valence-electron chi connectivity index (χ2n) is 5.82. The molecular weight excluding hydrogens is 371 g/mol. The van der Waals surface area contributed by atoms with E-state index in [1.165, 1.54) is 31.5 Å². The predicted molar refractivity (Wildman–Crippen MR) is 99.9 cm³/mol. The Hall–Kier alpha value is -3.55. The van der Waals surface area contributed by atoms with Crippen molar-refractivity contribution in [2.45, 2.75) is 6.18 Å². The molecule has 3 aromatic rings. The van der Waals surface area contributed by atoms with Crippen molar-refractivity contribution in [3.8, 4) is 5.75 Å². The Morgan fingerprint density at radius 2 is 1.71 bits per heavy atom. The van der Waals surface area contributed by atoms with Gasteiger partial charge in [0.05, 0.1) is 12.7 Å². The van der Waals surface area contributed by atoms with Crippen LogP contribution in [-0.2, 0) is 6.18 Å². The number of methoxy groups -OCH3 is 1. The predicted octanol–water partition coefficient (Wildman–Crippen LogP) is 5.10. The molecule has 0 unspecified atom stereocenters. The summed E-state index contributed by atoms with van der Waals surface area (Å²) in [6.45, 7) is 0. The summed E-state index contributed by atoms with van der Waals surface area (Å²) in [6, 6.07) is 14.6. The molecule has 1 heterocycles. The zero-order valence-corrected chi connectivity index (χ0v) is 14.7. The van der Waals surface area contributed by atoms with E-state index in [1.807, 2.05) is 0 Å². The molecule has 0 aliphatic rings. The Labute approximate surface area is 159 Å². The van der Waals surface area contributed by atoms with Crippen molar-refractivity contribution in [3.63, 3.8) is 0 Å². The summed E-state index contributed by atoms with van der Waals surface area (Å²) in [6.07, 6.45) is -2.95. The monoisotopic (exact) mass is 387 g/mol. The topological polar surface area (TPSA) is 63.2 Å². The summed E-state index contributed by atoms with van der Waals surface area (Å²) in [5.41, 5.74) is 0.946. The van der Waals surface area contributed by atoms with Crippen LogP contribution in [0.3, 0.4) is 0 Å². The van der Waals surface area contributed by atoms with Gasteiger partial charge in [0, 0.05) is 29.3 Å². The first-order chi connectivity index (χ1) is 13.3. The van der Waals surface area contributed by atoms with E-state index in [1.54, 1.807) is 30.3 Å². The normalized spacial score (nSPS) is 11.0. The van der Waals surface area contributed by atoms with Crippen molar-refractivity contribution in [1.82, 2.24) is 4.98 Å². The number of amides is 1. The van der Waals surface area contributed by atoms with E-state index in [0.29, 0.717) is 22.8 Å². The second-order valence-corrected chi connectivity index (χ2v) is 5.82. The lowest BCUT2D eigenvalue weighted by Crippen LogP contribution is -2.13. The first-order valence-electron chi connectivity index (χ1n) is 8.21. The number of carbonyl (C=O) groups is 1. The van der Waals surface area contributed by atoms with Crippen molar-refractivity contribution >= 4 is 23.0 Å². The maximum absolute atomic E-state index is 12.6. The highest BCUT2D eigenvalue weighted by Gasteiger charge is 2.29. The fourth-order valence-electron chi connectivity index (χ4n) is 2.44. The molecule has 8 heteroatoms. The molecule has 2 aromatic carbocycles. The number of ether oxygens (including phenoxy) is 1. The average Bonchev–Trinajstić information content (AvgIpc) is 2.68. The molecule has 5 nitrogen and oxygen atoms in total. The molecule has 1 aromatic heterocycles. The third-order valence-corrected chi connectivity index (χ3v) is 3.82. The van der Waals surface area contributed by atoms with Crippen LogP contribution in [0.1, 0.15) is 16.1 Å². The molecule has 3 rings (SSSR count). The Kier molecular flexibility index (Phi) is 5.49. The molecule has 0 atom stereocenters. The van der Waals surface area contributed by atoms with Gasteiger partial charge in [-0.2, -0.15) is 13.2 Å². The lowest BCUT2D eigenvalue weighted by Gasteiger charge is -2.11. The maximum atomic E-state index is 12.6. The van der Waals surface area contributed by atoms with Gasteiger partial charge >= 0.3 is 6.18 Å². The lowest BCUT2D eigenvalue weighted by atomic mass is 10.2. The van der Waals surface area contributed by atoms with E-state index < -0.39 is 17.6 Å². The first-order valence-corrected chi connectivity index (χ1v) is 8.21. The van der Waals surface area contributed by atoms with Gasteiger partial charge in [0.15, 0.2) is 0 Å². The minimum Gasteiger partial charge on any atom is -0.497 e. The van der Waals surface area contributed by atoms with Crippen molar-refractivity contribution in [3.05, 3.63) is 78.1 Å². The van der Waals surface area contributed by atoms with Crippen molar-refractivity contribution in [2.75, 3.05) is 17.7 Å². The molecule has 1 amide bonds. The maximum Gasteiger partial charge on any atom is 0.416 e. The number of benzene rings is 2. The van der Waals surface area contributed by atoms with E-state index in [-0.39, 0.29) is 5.69 Å². The van der Waals surface area contributed by atoms with Crippen LogP contribution in [0, 0.1) is 0 Å². The number of alkyl halides is 3. The van der Waals surface area contributed by atoms with Gasteiger partial charge in [0.2, 0.25) is 0 Å². The van der Waals surface area contributed by atoms with Crippen LogP contribution in [0.25, 0.3) is 0 Å². The first kappa shape index (κ1) is 19.2.